The maximum absolute atomic E-state index is 11.3. The maximum Gasteiger partial charge on any atom is 0.407 e. The first-order valence-electron chi connectivity index (χ1n) is 5.12. The minimum Gasteiger partial charge on any atom is -0.444 e. The Morgan fingerprint density at radius 1 is 1.43 bits per heavy atom. The van der Waals surface area contributed by atoms with Crippen molar-refractivity contribution < 1.29 is 9.53 Å². The van der Waals surface area contributed by atoms with Gasteiger partial charge in [-0.2, -0.15) is 0 Å². The Morgan fingerprint density at radius 2 is 2.07 bits per heavy atom. The summed E-state index contributed by atoms with van der Waals surface area (Å²) >= 11 is 0. The van der Waals surface area contributed by atoms with Gasteiger partial charge in [0.2, 0.25) is 0 Å². The van der Waals surface area contributed by atoms with Gasteiger partial charge in [0.15, 0.2) is 0 Å². The first-order chi connectivity index (χ1) is 6.37. The second kappa shape index (κ2) is 4.17. The zero-order valence-corrected chi connectivity index (χ0v) is 9.17. The Kier molecular flexibility index (Phi) is 3.37. The van der Waals surface area contributed by atoms with Crippen molar-refractivity contribution in [3.63, 3.8) is 0 Å². The van der Waals surface area contributed by atoms with Crippen molar-refractivity contribution in [2.24, 2.45) is 5.73 Å². The monoisotopic (exact) mass is 200 g/mol. The van der Waals surface area contributed by atoms with Crippen molar-refractivity contribution in [3.8, 4) is 0 Å². The summed E-state index contributed by atoms with van der Waals surface area (Å²) in [7, 11) is 0. The number of nitrogens with one attached hydrogen (secondary N) is 1. The van der Waals surface area contributed by atoms with Crippen LogP contribution >= 0.6 is 0 Å². The van der Waals surface area contributed by atoms with Crippen molar-refractivity contribution >= 4 is 6.09 Å². The summed E-state index contributed by atoms with van der Waals surface area (Å²) in [5, 5.41) is 2.82. The molecule has 0 spiro atoms. The van der Waals surface area contributed by atoms with Gasteiger partial charge in [0.25, 0.3) is 0 Å². The fraction of sp³-hybridized carbons (Fsp3) is 0.900. The molecule has 4 heteroatoms. The fourth-order valence-corrected chi connectivity index (χ4v) is 1.62. The Bertz CT molecular complexity index is 211. The zero-order chi connectivity index (χ0) is 10.8. The van der Waals surface area contributed by atoms with Crippen LogP contribution in [0.2, 0.25) is 0 Å². The van der Waals surface area contributed by atoms with Gasteiger partial charge in [-0.25, -0.2) is 4.79 Å². The number of alkyl carbamates (subject to hydrolysis) is 1. The van der Waals surface area contributed by atoms with Gasteiger partial charge in [-0.05, 0) is 40.0 Å². The summed E-state index contributed by atoms with van der Waals surface area (Å²) in [6, 6.07) is 0.426. The molecule has 14 heavy (non-hydrogen) atoms. The number of rotatable bonds is 1. The van der Waals surface area contributed by atoms with Crippen molar-refractivity contribution in [1.29, 1.82) is 0 Å². The summed E-state index contributed by atoms with van der Waals surface area (Å²) < 4.78 is 5.14. The minimum absolute atomic E-state index is 0.194. The molecule has 0 aromatic rings. The summed E-state index contributed by atoms with van der Waals surface area (Å²) in [6.07, 6.45) is 2.47. The van der Waals surface area contributed by atoms with E-state index >= 15 is 0 Å². The van der Waals surface area contributed by atoms with Gasteiger partial charge in [-0.3, -0.25) is 0 Å². The lowest BCUT2D eigenvalue weighted by atomic mass is 10.2. The van der Waals surface area contributed by atoms with E-state index in [1.807, 2.05) is 20.8 Å². The topological polar surface area (TPSA) is 64.3 Å². The number of hydrogen-bond donors (Lipinski definition) is 2. The molecule has 0 aliphatic heterocycles. The number of carbonyl (C=O) groups is 1. The summed E-state index contributed by atoms with van der Waals surface area (Å²) in [5.74, 6) is 0. The Hall–Kier alpha value is -0.770. The second-order valence-electron chi connectivity index (χ2n) is 4.92. The molecule has 82 valence electrons. The number of amides is 1. The normalized spacial score (nSPS) is 27.4. The van der Waals surface area contributed by atoms with Crippen LogP contribution in [0.25, 0.3) is 0 Å². The predicted octanol–water partition coefficient (Wildman–Crippen LogP) is 1.39. The average molecular weight is 200 g/mol. The highest BCUT2D eigenvalue weighted by atomic mass is 16.6. The first kappa shape index (κ1) is 11.3. The lowest BCUT2D eigenvalue weighted by Crippen LogP contribution is -2.38. The van der Waals surface area contributed by atoms with Crippen LogP contribution in [-0.4, -0.2) is 23.8 Å². The molecule has 0 radical (unpaired) electrons. The Labute approximate surface area is 85.2 Å². The highest BCUT2D eigenvalue weighted by molar-refractivity contribution is 5.68. The number of ether oxygens (including phenoxy) is 1. The molecule has 1 rings (SSSR count). The molecular formula is C10H20N2O2. The standard InChI is InChI=1S/C10H20N2O2/c1-10(2,3)14-9(13)12-8-5-4-7(11)6-8/h7-8H,4-6,11H2,1-3H3,(H,12,13)/t7-,8?/m1/s1. The van der Waals surface area contributed by atoms with Crippen molar-refractivity contribution in [1.82, 2.24) is 5.32 Å². The van der Waals surface area contributed by atoms with E-state index in [9.17, 15) is 4.79 Å². The van der Waals surface area contributed by atoms with Crippen molar-refractivity contribution in [3.05, 3.63) is 0 Å². The lowest BCUT2D eigenvalue weighted by molar-refractivity contribution is 0.0505. The zero-order valence-electron chi connectivity index (χ0n) is 9.17. The van der Waals surface area contributed by atoms with Crippen LogP contribution in [-0.2, 0) is 4.74 Å². The maximum atomic E-state index is 11.3. The molecule has 0 saturated heterocycles. The van der Waals surface area contributed by atoms with Crippen LogP contribution in [0.1, 0.15) is 40.0 Å². The molecular weight excluding hydrogens is 180 g/mol. The molecule has 0 aromatic heterocycles. The van der Waals surface area contributed by atoms with Crippen LogP contribution in [0.5, 0.6) is 0 Å². The van der Waals surface area contributed by atoms with E-state index in [0.29, 0.717) is 0 Å². The highest BCUT2D eigenvalue weighted by Gasteiger charge is 2.25. The van der Waals surface area contributed by atoms with E-state index in [2.05, 4.69) is 5.32 Å². The molecule has 0 bridgehead atoms. The number of nitrogens with two attached hydrogens (primary N) is 1. The molecule has 1 aliphatic carbocycles. The third kappa shape index (κ3) is 3.96. The summed E-state index contributed by atoms with van der Waals surface area (Å²) in [6.45, 7) is 5.56. The number of hydrogen-bond acceptors (Lipinski definition) is 3. The third-order valence-electron chi connectivity index (χ3n) is 2.19. The Balaban J connectivity index is 2.27. The molecule has 2 atom stereocenters. The van der Waals surface area contributed by atoms with Gasteiger partial charge in [0.1, 0.15) is 5.60 Å². The van der Waals surface area contributed by atoms with Crippen LogP contribution in [0.15, 0.2) is 0 Å². The van der Waals surface area contributed by atoms with Crippen LogP contribution in [0.4, 0.5) is 4.79 Å². The molecule has 1 amide bonds. The molecule has 1 unspecified atom stereocenters. The lowest BCUT2D eigenvalue weighted by Gasteiger charge is -2.21. The molecule has 1 fully saturated rings. The fourth-order valence-electron chi connectivity index (χ4n) is 1.62. The van der Waals surface area contributed by atoms with E-state index in [-0.39, 0.29) is 18.2 Å². The van der Waals surface area contributed by atoms with E-state index in [0.717, 1.165) is 19.3 Å². The van der Waals surface area contributed by atoms with Crippen molar-refractivity contribution in [2.75, 3.05) is 0 Å². The smallest absolute Gasteiger partial charge is 0.407 e. The minimum atomic E-state index is -0.426. The van der Waals surface area contributed by atoms with Gasteiger partial charge >= 0.3 is 6.09 Å². The van der Waals surface area contributed by atoms with Crippen molar-refractivity contribution in [2.45, 2.75) is 57.7 Å². The molecule has 0 aromatic carbocycles. The highest BCUT2D eigenvalue weighted by Crippen LogP contribution is 2.17. The van der Waals surface area contributed by atoms with Gasteiger partial charge in [0.05, 0.1) is 0 Å². The van der Waals surface area contributed by atoms with Gasteiger partial charge in [-0.1, -0.05) is 0 Å². The molecule has 1 saturated carbocycles. The Morgan fingerprint density at radius 3 is 2.50 bits per heavy atom. The van der Waals surface area contributed by atoms with E-state index in [4.69, 9.17) is 10.5 Å². The van der Waals surface area contributed by atoms with E-state index in [1.165, 1.54) is 0 Å². The van der Waals surface area contributed by atoms with E-state index in [1.54, 1.807) is 0 Å². The first-order valence-corrected chi connectivity index (χ1v) is 5.12. The van der Waals surface area contributed by atoms with Crippen LogP contribution < -0.4 is 11.1 Å². The predicted molar refractivity (Wildman–Crippen MR) is 55.0 cm³/mol. The molecule has 0 heterocycles. The average Bonchev–Trinajstić information content (AvgIpc) is 2.30. The largest absolute Gasteiger partial charge is 0.444 e. The summed E-state index contributed by atoms with van der Waals surface area (Å²) in [5.41, 5.74) is 5.31. The van der Waals surface area contributed by atoms with Gasteiger partial charge in [-0.15, -0.1) is 0 Å². The number of carbonyl (C=O) groups excluding carboxylic acids is 1. The van der Waals surface area contributed by atoms with Gasteiger partial charge < -0.3 is 15.8 Å². The summed E-state index contributed by atoms with van der Waals surface area (Å²) in [4.78, 5) is 11.3. The molecule has 1 aliphatic rings. The van der Waals surface area contributed by atoms with E-state index < -0.39 is 5.60 Å². The van der Waals surface area contributed by atoms with Crippen LogP contribution in [0.3, 0.4) is 0 Å². The SMILES string of the molecule is CC(C)(C)OC(=O)NC1CC[C@@H](N)C1. The third-order valence-corrected chi connectivity index (χ3v) is 2.19. The molecule has 4 nitrogen and oxygen atoms in total. The van der Waals surface area contributed by atoms with Gasteiger partial charge in [0, 0.05) is 12.1 Å². The molecule has 3 N–H and O–H groups in total. The quantitative estimate of drug-likeness (QED) is 0.672. The second-order valence-corrected chi connectivity index (χ2v) is 4.92. The van der Waals surface area contributed by atoms with Crippen LogP contribution in [0, 0.1) is 0 Å².